The Bertz CT molecular complexity index is 610. The SMILES string of the molecule is COc1ccc2c(c1)[C@H](O)CC(c1ccc(C)nc1)O2. The number of pyridine rings is 1. The van der Waals surface area contributed by atoms with Gasteiger partial charge in [-0.1, -0.05) is 6.07 Å². The van der Waals surface area contributed by atoms with E-state index in [4.69, 9.17) is 9.47 Å². The average molecular weight is 271 g/mol. The molecule has 2 aromatic rings. The molecule has 1 aliphatic heterocycles. The van der Waals surface area contributed by atoms with Crippen molar-refractivity contribution in [3.8, 4) is 11.5 Å². The quantitative estimate of drug-likeness (QED) is 0.912. The van der Waals surface area contributed by atoms with Gasteiger partial charge in [0, 0.05) is 29.4 Å². The molecule has 0 saturated carbocycles. The largest absolute Gasteiger partial charge is 0.497 e. The van der Waals surface area contributed by atoms with Gasteiger partial charge in [-0.25, -0.2) is 0 Å². The molecule has 1 aliphatic rings. The first-order chi connectivity index (χ1) is 9.67. The van der Waals surface area contributed by atoms with Gasteiger partial charge in [-0.3, -0.25) is 4.98 Å². The molecule has 1 aromatic heterocycles. The highest BCUT2D eigenvalue weighted by molar-refractivity contribution is 5.43. The number of methoxy groups -OCH3 is 1. The number of hydrogen-bond acceptors (Lipinski definition) is 4. The van der Waals surface area contributed by atoms with Crippen LogP contribution in [0.15, 0.2) is 36.5 Å². The second-order valence-electron chi connectivity index (χ2n) is 4.99. The molecular formula is C16H17NO3. The molecule has 1 aromatic carbocycles. The zero-order valence-electron chi connectivity index (χ0n) is 11.5. The van der Waals surface area contributed by atoms with Gasteiger partial charge >= 0.3 is 0 Å². The molecule has 0 aliphatic carbocycles. The van der Waals surface area contributed by atoms with Crippen molar-refractivity contribution >= 4 is 0 Å². The zero-order chi connectivity index (χ0) is 14.1. The minimum absolute atomic E-state index is 0.168. The molecule has 2 heterocycles. The minimum Gasteiger partial charge on any atom is -0.497 e. The monoisotopic (exact) mass is 271 g/mol. The summed E-state index contributed by atoms with van der Waals surface area (Å²) in [6, 6.07) is 9.44. The topological polar surface area (TPSA) is 51.6 Å². The van der Waals surface area contributed by atoms with E-state index in [1.807, 2.05) is 37.3 Å². The fourth-order valence-electron chi connectivity index (χ4n) is 2.43. The zero-order valence-corrected chi connectivity index (χ0v) is 11.5. The van der Waals surface area contributed by atoms with Crippen molar-refractivity contribution in [3.63, 3.8) is 0 Å². The van der Waals surface area contributed by atoms with Crippen LogP contribution in [0.1, 0.15) is 35.4 Å². The summed E-state index contributed by atoms with van der Waals surface area (Å²) in [4.78, 5) is 4.28. The van der Waals surface area contributed by atoms with Crippen LogP contribution < -0.4 is 9.47 Å². The van der Waals surface area contributed by atoms with Crippen LogP contribution in [0.4, 0.5) is 0 Å². The number of aliphatic hydroxyl groups excluding tert-OH is 1. The van der Waals surface area contributed by atoms with E-state index in [9.17, 15) is 5.11 Å². The van der Waals surface area contributed by atoms with Crippen molar-refractivity contribution in [3.05, 3.63) is 53.3 Å². The summed E-state index contributed by atoms with van der Waals surface area (Å²) in [5, 5.41) is 10.3. The Labute approximate surface area is 118 Å². The third-order valence-corrected chi connectivity index (χ3v) is 3.59. The summed E-state index contributed by atoms with van der Waals surface area (Å²) in [5.74, 6) is 1.43. The lowest BCUT2D eigenvalue weighted by Gasteiger charge is -2.30. The average Bonchev–Trinajstić information content (AvgIpc) is 2.47. The maximum Gasteiger partial charge on any atom is 0.128 e. The predicted octanol–water partition coefficient (Wildman–Crippen LogP) is 2.96. The van der Waals surface area contributed by atoms with Gasteiger partial charge in [-0.15, -0.1) is 0 Å². The second kappa shape index (κ2) is 5.13. The number of ether oxygens (including phenoxy) is 2. The molecule has 2 atom stereocenters. The Morgan fingerprint density at radius 3 is 2.85 bits per heavy atom. The van der Waals surface area contributed by atoms with E-state index in [1.165, 1.54) is 0 Å². The third kappa shape index (κ3) is 2.34. The van der Waals surface area contributed by atoms with Crippen LogP contribution in [0.3, 0.4) is 0 Å². The van der Waals surface area contributed by atoms with Crippen molar-refractivity contribution < 1.29 is 14.6 Å². The molecule has 0 spiro atoms. The summed E-state index contributed by atoms with van der Waals surface area (Å²) < 4.78 is 11.1. The fourth-order valence-corrected chi connectivity index (χ4v) is 2.43. The van der Waals surface area contributed by atoms with Crippen LogP contribution in [-0.4, -0.2) is 17.2 Å². The van der Waals surface area contributed by atoms with E-state index in [-0.39, 0.29) is 6.10 Å². The first-order valence-electron chi connectivity index (χ1n) is 6.62. The molecule has 0 saturated heterocycles. The van der Waals surface area contributed by atoms with E-state index in [0.717, 1.165) is 22.6 Å². The minimum atomic E-state index is -0.555. The lowest BCUT2D eigenvalue weighted by atomic mass is 9.95. The summed E-state index contributed by atoms with van der Waals surface area (Å²) in [6.45, 7) is 1.95. The Kier molecular flexibility index (Phi) is 3.32. The lowest BCUT2D eigenvalue weighted by Crippen LogP contribution is -2.19. The first kappa shape index (κ1) is 12.9. The Morgan fingerprint density at radius 1 is 1.30 bits per heavy atom. The van der Waals surface area contributed by atoms with E-state index in [0.29, 0.717) is 12.2 Å². The van der Waals surface area contributed by atoms with Crippen molar-refractivity contribution in [1.82, 2.24) is 4.98 Å². The van der Waals surface area contributed by atoms with Crippen molar-refractivity contribution in [2.45, 2.75) is 25.6 Å². The van der Waals surface area contributed by atoms with Gasteiger partial charge in [-0.2, -0.15) is 0 Å². The Balaban J connectivity index is 1.90. The maximum absolute atomic E-state index is 10.3. The summed E-state index contributed by atoms with van der Waals surface area (Å²) in [5.41, 5.74) is 2.73. The van der Waals surface area contributed by atoms with Gasteiger partial charge in [0.1, 0.15) is 17.6 Å². The molecule has 0 bridgehead atoms. The molecular weight excluding hydrogens is 254 g/mol. The van der Waals surface area contributed by atoms with Crippen LogP contribution in [0.2, 0.25) is 0 Å². The third-order valence-electron chi connectivity index (χ3n) is 3.59. The molecule has 3 rings (SSSR count). The molecule has 0 amide bonds. The smallest absolute Gasteiger partial charge is 0.128 e. The van der Waals surface area contributed by atoms with Crippen LogP contribution in [-0.2, 0) is 0 Å². The van der Waals surface area contributed by atoms with Crippen LogP contribution in [0.25, 0.3) is 0 Å². The lowest BCUT2D eigenvalue weighted by molar-refractivity contribution is 0.0653. The number of hydrogen-bond donors (Lipinski definition) is 1. The molecule has 0 fully saturated rings. The molecule has 4 nitrogen and oxygen atoms in total. The van der Waals surface area contributed by atoms with E-state index >= 15 is 0 Å². The van der Waals surface area contributed by atoms with Gasteiger partial charge in [0.25, 0.3) is 0 Å². The number of fused-ring (bicyclic) bond motifs is 1. The number of aromatic nitrogens is 1. The number of aryl methyl sites for hydroxylation is 1. The van der Waals surface area contributed by atoms with Gasteiger partial charge in [-0.05, 0) is 31.2 Å². The van der Waals surface area contributed by atoms with E-state index < -0.39 is 6.10 Å². The highest BCUT2D eigenvalue weighted by Crippen LogP contribution is 2.41. The Hall–Kier alpha value is -2.07. The van der Waals surface area contributed by atoms with Gasteiger partial charge in [0.15, 0.2) is 0 Å². The maximum atomic E-state index is 10.3. The van der Waals surface area contributed by atoms with Crippen molar-refractivity contribution in [2.24, 2.45) is 0 Å². The number of nitrogens with zero attached hydrogens (tertiary/aromatic N) is 1. The standard InChI is InChI=1S/C16H17NO3/c1-10-3-4-11(9-17-10)16-8-14(18)13-7-12(19-2)5-6-15(13)20-16/h3-7,9,14,16,18H,8H2,1-2H3/t14-,16?/m1/s1. The second-order valence-corrected chi connectivity index (χ2v) is 4.99. The van der Waals surface area contributed by atoms with Crippen molar-refractivity contribution in [1.29, 1.82) is 0 Å². The summed E-state index contributed by atoms with van der Waals surface area (Å²) in [6.07, 6.45) is 1.60. The first-order valence-corrected chi connectivity index (χ1v) is 6.62. The molecule has 104 valence electrons. The van der Waals surface area contributed by atoms with Crippen LogP contribution >= 0.6 is 0 Å². The molecule has 0 radical (unpaired) electrons. The highest BCUT2D eigenvalue weighted by Gasteiger charge is 2.28. The van der Waals surface area contributed by atoms with Crippen LogP contribution in [0.5, 0.6) is 11.5 Å². The summed E-state index contributed by atoms with van der Waals surface area (Å²) in [7, 11) is 1.61. The normalized spacial score (nSPS) is 20.9. The number of aliphatic hydroxyl groups is 1. The van der Waals surface area contributed by atoms with E-state index in [2.05, 4.69) is 4.98 Å². The van der Waals surface area contributed by atoms with Crippen molar-refractivity contribution in [2.75, 3.05) is 7.11 Å². The van der Waals surface area contributed by atoms with Gasteiger partial charge < -0.3 is 14.6 Å². The fraction of sp³-hybridized carbons (Fsp3) is 0.312. The molecule has 4 heteroatoms. The molecule has 1 unspecified atom stereocenters. The number of rotatable bonds is 2. The van der Waals surface area contributed by atoms with Gasteiger partial charge in [0.05, 0.1) is 13.2 Å². The predicted molar refractivity (Wildman–Crippen MR) is 74.9 cm³/mol. The number of benzene rings is 1. The van der Waals surface area contributed by atoms with Gasteiger partial charge in [0.2, 0.25) is 0 Å². The highest BCUT2D eigenvalue weighted by atomic mass is 16.5. The molecule has 1 N–H and O–H groups in total. The Morgan fingerprint density at radius 2 is 2.15 bits per heavy atom. The molecule has 20 heavy (non-hydrogen) atoms. The van der Waals surface area contributed by atoms with E-state index in [1.54, 1.807) is 13.3 Å². The summed E-state index contributed by atoms with van der Waals surface area (Å²) >= 11 is 0. The van der Waals surface area contributed by atoms with Crippen LogP contribution in [0, 0.1) is 6.92 Å².